The molecule has 0 aromatic rings. The summed E-state index contributed by atoms with van der Waals surface area (Å²) in [5.41, 5.74) is 0. The topological polar surface area (TPSA) is 3.24 Å². The molecular formula is C16H32LiN. The van der Waals surface area contributed by atoms with Crippen LogP contribution < -0.4 is 0 Å². The zero-order chi connectivity index (χ0) is 13.5. The van der Waals surface area contributed by atoms with E-state index in [2.05, 4.69) is 48.6 Å². The molecule has 0 aromatic heterocycles. The van der Waals surface area contributed by atoms with E-state index in [0.29, 0.717) is 0 Å². The fourth-order valence-corrected chi connectivity index (χ4v) is 2.21. The second-order valence-corrected chi connectivity index (χ2v) is 5.30. The summed E-state index contributed by atoms with van der Waals surface area (Å²) in [5, 5.41) is 1.17. The monoisotopic (exact) mass is 245 g/mol. The number of hydrogen-bond donors (Lipinski definition) is 0. The first-order valence-electron chi connectivity index (χ1n) is 8.22. The van der Waals surface area contributed by atoms with E-state index in [1.807, 2.05) is 0 Å². The van der Waals surface area contributed by atoms with Crippen molar-refractivity contribution in [1.82, 2.24) is 4.90 Å². The number of rotatable bonds is 13. The zero-order valence-electron chi connectivity index (χ0n) is 13.1. The molecule has 0 amide bonds. The third-order valence-corrected chi connectivity index (χ3v) is 3.42. The first-order valence-corrected chi connectivity index (χ1v) is 8.22. The van der Waals surface area contributed by atoms with Gasteiger partial charge in [0.05, 0.1) is 0 Å². The molecule has 0 aliphatic carbocycles. The van der Waals surface area contributed by atoms with E-state index >= 15 is 0 Å². The van der Waals surface area contributed by atoms with Crippen molar-refractivity contribution in [3.63, 3.8) is 0 Å². The molecule has 0 aliphatic rings. The minimum atomic E-state index is 1.16. The summed E-state index contributed by atoms with van der Waals surface area (Å²) in [5.74, 6) is 0. The van der Waals surface area contributed by atoms with Gasteiger partial charge in [-0.25, -0.2) is 0 Å². The normalized spacial score (nSPS) is 11.8. The molecule has 18 heavy (non-hydrogen) atoms. The minimum absolute atomic E-state index is 1.16. The Hall–Kier alpha value is 0.297. The van der Waals surface area contributed by atoms with Crippen LogP contribution in [0.2, 0.25) is 5.09 Å². The number of hydrogen-bond acceptors (Lipinski definition) is 1. The van der Waals surface area contributed by atoms with Crippen LogP contribution in [0.25, 0.3) is 0 Å². The standard InChI is InChI=1S/C16H32N.Li/c1-4-7-10-12-15-17(14-9-6-3)16-13-11-8-5-2;/h6,9H,3-5,7-8,10-16H2,1-2H3;/b9-6+;. The van der Waals surface area contributed by atoms with Crippen LogP contribution >= 0.6 is 0 Å². The molecule has 0 radical (unpaired) electrons. The summed E-state index contributed by atoms with van der Waals surface area (Å²) in [4.78, 5) is 2.64. The van der Waals surface area contributed by atoms with Crippen LogP contribution in [-0.2, 0) is 0 Å². The second kappa shape index (κ2) is 15.4. The van der Waals surface area contributed by atoms with Gasteiger partial charge in [-0.3, -0.25) is 0 Å². The predicted molar refractivity (Wildman–Crippen MR) is 84.4 cm³/mol. The molecule has 0 heterocycles. The molecule has 0 N–H and O–H groups in total. The van der Waals surface area contributed by atoms with Crippen molar-refractivity contribution in [2.45, 2.75) is 70.3 Å². The Morgan fingerprint density at radius 2 is 1.33 bits per heavy atom. The number of unbranched alkanes of at least 4 members (excludes halogenated alkanes) is 6. The fraction of sp³-hybridized carbons (Fsp3) is 0.875. The molecule has 0 fully saturated rings. The zero-order valence-corrected chi connectivity index (χ0v) is 13.1. The van der Waals surface area contributed by atoms with Crippen molar-refractivity contribution in [3.8, 4) is 0 Å². The van der Waals surface area contributed by atoms with Gasteiger partial charge in [0.2, 0.25) is 0 Å². The maximum absolute atomic E-state index is 2.64. The van der Waals surface area contributed by atoms with E-state index in [1.165, 1.54) is 69.5 Å². The SMILES string of the molecule is [Li][CH2]/C=C/CN(CCCCCC)CCCCCC. The van der Waals surface area contributed by atoms with Gasteiger partial charge in [-0.15, -0.1) is 0 Å². The molecule has 0 unspecified atom stereocenters. The number of allylic oxidation sites excluding steroid dienone is 1. The van der Waals surface area contributed by atoms with E-state index in [1.54, 1.807) is 0 Å². The Kier molecular flexibility index (Phi) is 15.6. The predicted octanol–water partition coefficient (Wildman–Crippen LogP) is 4.59. The van der Waals surface area contributed by atoms with Crippen molar-refractivity contribution in [2.24, 2.45) is 0 Å². The van der Waals surface area contributed by atoms with Gasteiger partial charge in [0.1, 0.15) is 0 Å². The summed E-state index contributed by atoms with van der Waals surface area (Å²) in [6.07, 6.45) is 15.7. The molecule has 0 aliphatic heterocycles. The van der Waals surface area contributed by atoms with Crippen molar-refractivity contribution in [1.29, 1.82) is 0 Å². The fourth-order valence-electron chi connectivity index (χ4n) is 2.21. The van der Waals surface area contributed by atoms with E-state index in [-0.39, 0.29) is 0 Å². The van der Waals surface area contributed by atoms with Gasteiger partial charge in [0, 0.05) is 0 Å². The Balaban J connectivity index is 3.73. The summed E-state index contributed by atoms with van der Waals surface area (Å²) in [6.45, 7) is 8.31. The van der Waals surface area contributed by atoms with Crippen LogP contribution in [0.4, 0.5) is 0 Å². The molecule has 102 valence electrons. The van der Waals surface area contributed by atoms with Crippen LogP contribution in [0.15, 0.2) is 12.2 Å². The van der Waals surface area contributed by atoms with E-state index in [9.17, 15) is 0 Å². The molecule has 0 rings (SSSR count). The van der Waals surface area contributed by atoms with Crippen LogP contribution in [0.5, 0.6) is 0 Å². The molecule has 0 saturated heterocycles. The quantitative estimate of drug-likeness (QED) is 0.260. The maximum atomic E-state index is 2.64. The Morgan fingerprint density at radius 3 is 1.78 bits per heavy atom. The third-order valence-electron chi connectivity index (χ3n) is 3.42. The Labute approximate surface area is 125 Å². The first-order chi connectivity index (χ1) is 8.85. The van der Waals surface area contributed by atoms with Gasteiger partial charge in [-0.2, -0.15) is 0 Å². The molecule has 0 saturated carbocycles. The van der Waals surface area contributed by atoms with Crippen molar-refractivity contribution in [3.05, 3.63) is 12.2 Å². The Morgan fingerprint density at radius 1 is 0.778 bits per heavy atom. The van der Waals surface area contributed by atoms with Gasteiger partial charge >= 0.3 is 125 Å². The molecular weight excluding hydrogens is 213 g/mol. The molecule has 1 nitrogen and oxygen atoms in total. The van der Waals surface area contributed by atoms with Gasteiger partial charge in [-0.05, 0) is 0 Å². The Bertz CT molecular complexity index is 168. The molecule has 0 spiro atoms. The van der Waals surface area contributed by atoms with Crippen molar-refractivity contribution < 1.29 is 0 Å². The average Bonchev–Trinajstić information content (AvgIpc) is 2.39. The van der Waals surface area contributed by atoms with E-state index < -0.39 is 0 Å². The molecule has 2 heteroatoms. The van der Waals surface area contributed by atoms with Crippen LogP contribution in [0, 0.1) is 0 Å². The third kappa shape index (κ3) is 12.7. The first kappa shape index (κ1) is 18.3. The summed E-state index contributed by atoms with van der Waals surface area (Å²) in [7, 11) is 0. The van der Waals surface area contributed by atoms with Gasteiger partial charge in [-0.1, -0.05) is 0 Å². The van der Waals surface area contributed by atoms with E-state index in [0.717, 1.165) is 6.54 Å². The number of nitrogens with zero attached hydrogens (tertiary/aromatic N) is 1. The van der Waals surface area contributed by atoms with Crippen LogP contribution in [-0.4, -0.2) is 42.2 Å². The van der Waals surface area contributed by atoms with Gasteiger partial charge in [0.25, 0.3) is 0 Å². The molecule has 0 aromatic carbocycles. The van der Waals surface area contributed by atoms with Crippen LogP contribution in [0.1, 0.15) is 65.2 Å². The van der Waals surface area contributed by atoms with Crippen molar-refractivity contribution >= 4 is 17.7 Å². The van der Waals surface area contributed by atoms with Crippen LogP contribution in [0.3, 0.4) is 0 Å². The second-order valence-electron chi connectivity index (χ2n) is 5.30. The molecule has 0 bridgehead atoms. The van der Waals surface area contributed by atoms with Gasteiger partial charge < -0.3 is 0 Å². The summed E-state index contributed by atoms with van der Waals surface area (Å²) < 4.78 is 0. The molecule has 0 atom stereocenters. The van der Waals surface area contributed by atoms with Gasteiger partial charge in [0.15, 0.2) is 0 Å². The average molecular weight is 245 g/mol. The van der Waals surface area contributed by atoms with Crippen molar-refractivity contribution in [2.75, 3.05) is 19.6 Å². The van der Waals surface area contributed by atoms with E-state index in [4.69, 9.17) is 0 Å². The summed E-state index contributed by atoms with van der Waals surface area (Å²) >= 11 is 2.21. The summed E-state index contributed by atoms with van der Waals surface area (Å²) in [6, 6.07) is 0.